The van der Waals surface area contributed by atoms with Gasteiger partial charge in [-0.1, -0.05) is 13.8 Å². The third-order valence-corrected chi connectivity index (χ3v) is 4.85. The van der Waals surface area contributed by atoms with Gasteiger partial charge in [0.05, 0.1) is 0 Å². The van der Waals surface area contributed by atoms with E-state index in [2.05, 4.69) is 33.0 Å². The van der Waals surface area contributed by atoms with Crippen molar-refractivity contribution in [3.63, 3.8) is 0 Å². The van der Waals surface area contributed by atoms with Crippen molar-refractivity contribution in [1.29, 1.82) is 0 Å². The summed E-state index contributed by atoms with van der Waals surface area (Å²) in [5, 5.41) is 3.36. The van der Waals surface area contributed by atoms with Crippen molar-refractivity contribution in [1.82, 2.24) is 15.3 Å². The molecule has 118 valence electrons. The highest BCUT2D eigenvalue weighted by Gasteiger charge is 2.39. The summed E-state index contributed by atoms with van der Waals surface area (Å²) in [6.45, 7) is 10.4. The smallest absolute Gasteiger partial charge is 0.160 e. The van der Waals surface area contributed by atoms with Crippen molar-refractivity contribution in [2.24, 2.45) is 5.92 Å². The molecule has 1 aromatic rings. The second-order valence-corrected chi connectivity index (χ2v) is 6.36. The molecule has 1 heterocycles. The quantitative estimate of drug-likeness (QED) is 0.904. The molecule has 0 aromatic carbocycles. The summed E-state index contributed by atoms with van der Waals surface area (Å²) in [5.41, 5.74) is 3.09. The lowest BCUT2D eigenvalue weighted by molar-refractivity contribution is -0.0599. The van der Waals surface area contributed by atoms with Crippen LogP contribution in [0.25, 0.3) is 0 Å². The number of nitrogens with zero attached hydrogens (tertiary/aromatic N) is 2. The standard InChI is InChI=1S/C17H29N3O/c1-6-18-11-15-13(3)19-16(20-14(15)4)17(21-5)9-7-12(2)8-10-17/h12,18H,6-11H2,1-5H3. The Kier molecular flexibility index (Phi) is 5.33. The molecule has 1 saturated carbocycles. The molecule has 0 bridgehead atoms. The van der Waals surface area contributed by atoms with Crippen LogP contribution in [0.2, 0.25) is 0 Å². The normalized spacial score (nSPS) is 26.0. The summed E-state index contributed by atoms with van der Waals surface area (Å²) in [6, 6.07) is 0. The largest absolute Gasteiger partial charge is 0.370 e. The highest BCUT2D eigenvalue weighted by molar-refractivity contribution is 5.26. The van der Waals surface area contributed by atoms with Crippen LogP contribution in [0.1, 0.15) is 62.3 Å². The van der Waals surface area contributed by atoms with Gasteiger partial charge in [-0.05, 0) is 52.0 Å². The minimum Gasteiger partial charge on any atom is -0.370 e. The zero-order chi connectivity index (χ0) is 15.5. The van der Waals surface area contributed by atoms with Gasteiger partial charge in [-0.15, -0.1) is 0 Å². The van der Waals surface area contributed by atoms with Crippen LogP contribution in [0.15, 0.2) is 0 Å². The molecule has 0 saturated heterocycles. The van der Waals surface area contributed by atoms with E-state index in [0.717, 1.165) is 49.1 Å². The van der Waals surface area contributed by atoms with Crippen LogP contribution in [-0.4, -0.2) is 23.6 Å². The number of methoxy groups -OCH3 is 1. The maximum atomic E-state index is 5.90. The molecule has 0 atom stereocenters. The van der Waals surface area contributed by atoms with Crippen LogP contribution >= 0.6 is 0 Å². The molecule has 21 heavy (non-hydrogen) atoms. The van der Waals surface area contributed by atoms with Crippen LogP contribution in [0.4, 0.5) is 0 Å². The Hall–Kier alpha value is -1.00. The lowest BCUT2D eigenvalue weighted by Gasteiger charge is -2.37. The van der Waals surface area contributed by atoms with E-state index in [0.29, 0.717) is 0 Å². The van der Waals surface area contributed by atoms with E-state index in [4.69, 9.17) is 14.7 Å². The molecule has 0 unspecified atom stereocenters. The Morgan fingerprint density at radius 2 is 1.76 bits per heavy atom. The number of aryl methyl sites for hydroxylation is 2. The molecule has 0 radical (unpaired) electrons. The molecule has 1 aliphatic carbocycles. The van der Waals surface area contributed by atoms with E-state index < -0.39 is 0 Å². The summed E-state index contributed by atoms with van der Waals surface area (Å²) >= 11 is 0. The zero-order valence-electron chi connectivity index (χ0n) is 14.1. The van der Waals surface area contributed by atoms with Gasteiger partial charge in [0, 0.05) is 30.6 Å². The molecule has 0 amide bonds. The molecule has 1 aromatic heterocycles. The monoisotopic (exact) mass is 291 g/mol. The van der Waals surface area contributed by atoms with E-state index >= 15 is 0 Å². The SMILES string of the molecule is CCNCc1c(C)nc(C2(OC)CCC(C)CC2)nc1C. The Balaban J connectivity index is 2.31. The van der Waals surface area contributed by atoms with Crippen LogP contribution in [0.5, 0.6) is 0 Å². The van der Waals surface area contributed by atoms with Crippen molar-refractivity contribution in [2.75, 3.05) is 13.7 Å². The third-order valence-electron chi connectivity index (χ3n) is 4.85. The van der Waals surface area contributed by atoms with Gasteiger partial charge in [0.1, 0.15) is 5.60 Å². The van der Waals surface area contributed by atoms with Crippen LogP contribution in [0.3, 0.4) is 0 Å². The van der Waals surface area contributed by atoms with Gasteiger partial charge in [0.2, 0.25) is 0 Å². The van der Waals surface area contributed by atoms with E-state index in [-0.39, 0.29) is 5.60 Å². The first kappa shape index (κ1) is 16.4. The topological polar surface area (TPSA) is 47.0 Å². The summed E-state index contributed by atoms with van der Waals surface area (Å²) in [4.78, 5) is 9.60. The van der Waals surface area contributed by atoms with Crippen molar-refractivity contribution < 1.29 is 4.74 Å². The average Bonchev–Trinajstić information content (AvgIpc) is 2.47. The van der Waals surface area contributed by atoms with Gasteiger partial charge in [-0.25, -0.2) is 9.97 Å². The number of nitrogens with one attached hydrogen (secondary N) is 1. The number of hydrogen-bond donors (Lipinski definition) is 1. The van der Waals surface area contributed by atoms with Crippen molar-refractivity contribution in [3.05, 3.63) is 22.8 Å². The highest BCUT2D eigenvalue weighted by atomic mass is 16.5. The van der Waals surface area contributed by atoms with E-state index in [9.17, 15) is 0 Å². The van der Waals surface area contributed by atoms with Gasteiger partial charge in [0.15, 0.2) is 5.82 Å². The van der Waals surface area contributed by atoms with Gasteiger partial charge in [0.25, 0.3) is 0 Å². The highest BCUT2D eigenvalue weighted by Crippen LogP contribution is 2.40. The maximum Gasteiger partial charge on any atom is 0.160 e. The van der Waals surface area contributed by atoms with Crippen molar-refractivity contribution in [3.8, 4) is 0 Å². The van der Waals surface area contributed by atoms with Crippen LogP contribution in [0, 0.1) is 19.8 Å². The fraction of sp³-hybridized carbons (Fsp3) is 0.765. The Morgan fingerprint density at radius 3 is 2.24 bits per heavy atom. The molecule has 4 nitrogen and oxygen atoms in total. The molecule has 0 aliphatic heterocycles. The summed E-state index contributed by atoms with van der Waals surface area (Å²) in [6.07, 6.45) is 4.43. The van der Waals surface area contributed by atoms with Crippen molar-refractivity contribution in [2.45, 2.75) is 65.5 Å². The summed E-state index contributed by atoms with van der Waals surface area (Å²) in [5.74, 6) is 1.66. The molecule has 2 rings (SSSR count). The minimum absolute atomic E-state index is 0.279. The summed E-state index contributed by atoms with van der Waals surface area (Å²) < 4.78 is 5.90. The fourth-order valence-corrected chi connectivity index (χ4v) is 3.20. The lowest BCUT2D eigenvalue weighted by atomic mass is 9.78. The van der Waals surface area contributed by atoms with Crippen LogP contribution < -0.4 is 5.32 Å². The maximum absolute atomic E-state index is 5.90. The number of aromatic nitrogens is 2. The van der Waals surface area contributed by atoms with E-state index in [1.807, 2.05) is 0 Å². The molecule has 1 fully saturated rings. The predicted molar refractivity (Wildman–Crippen MR) is 85.2 cm³/mol. The second kappa shape index (κ2) is 6.84. The van der Waals surface area contributed by atoms with Crippen LogP contribution in [-0.2, 0) is 16.9 Å². The van der Waals surface area contributed by atoms with Gasteiger partial charge >= 0.3 is 0 Å². The molecule has 4 heteroatoms. The second-order valence-electron chi connectivity index (χ2n) is 6.36. The van der Waals surface area contributed by atoms with Gasteiger partial charge < -0.3 is 10.1 Å². The fourth-order valence-electron chi connectivity index (χ4n) is 3.20. The van der Waals surface area contributed by atoms with Crippen molar-refractivity contribution >= 4 is 0 Å². The Morgan fingerprint density at radius 1 is 1.19 bits per heavy atom. The summed E-state index contributed by atoms with van der Waals surface area (Å²) in [7, 11) is 1.80. The molecular formula is C17H29N3O. The van der Waals surface area contributed by atoms with E-state index in [1.54, 1.807) is 7.11 Å². The van der Waals surface area contributed by atoms with E-state index in [1.165, 1.54) is 18.4 Å². The molecule has 1 N–H and O–H groups in total. The van der Waals surface area contributed by atoms with Gasteiger partial charge in [-0.3, -0.25) is 0 Å². The first-order valence-electron chi connectivity index (χ1n) is 8.13. The minimum atomic E-state index is -0.279. The predicted octanol–water partition coefficient (Wildman–Crippen LogP) is 3.25. The molecular weight excluding hydrogens is 262 g/mol. The number of ether oxygens (including phenoxy) is 1. The lowest BCUT2D eigenvalue weighted by Crippen LogP contribution is -2.36. The Labute approximate surface area is 128 Å². The zero-order valence-corrected chi connectivity index (χ0v) is 14.1. The molecule has 0 spiro atoms. The first-order valence-corrected chi connectivity index (χ1v) is 8.13. The molecule has 1 aliphatic rings. The first-order chi connectivity index (χ1) is 10.0. The number of hydrogen-bond acceptors (Lipinski definition) is 4. The third kappa shape index (κ3) is 3.43. The number of rotatable bonds is 5. The Bertz CT molecular complexity index is 456. The average molecular weight is 291 g/mol. The van der Waals surface area contributed by atoms with Gasteiger partial charge in [-0.2, -0.15) is 0 Å².